The summed E-state index contributed by atoms with van der Waals surface area (Å²) in [6, 6.07) is 29.8. The van der Waals surface area contributed by atoms with E-state index in [1.54, 1.807) is 0 Å². The summed E-state index contributed by atoms with van der Waals surface area (Å²) in [5.74, 6) is 0. The molecule has 0 unspecified atom stereocenters. The maximum Gasteiger partial charge on any atom is 0.0933 e. The van der Waals surface area contributed by atoms with Crippen molar-refractivity contribution in [3.63, 3.8) is 0 Å². The van der Waals surface area contributed by atoms with Crippen LogP contribution in [-0.4, -0.2) is 9.78 Å². The maximum absolute atomic E-state index is 4.74. The van der Waals surface area contributed by atoms with Crippen molar-refractivity contribution >= 4 is 10.9 Å². The van der Waals surface area contributed by atoms with E-state index in [4.69, 9.17) is 5.10 Å². The number of fused-ring (bicyclic) bond motifs is 1. The first-order valence-corrected chi connectivity index (χ1v) is 6.94. The van der Waals surface area contributed by atoms with Gasteiger partial charge in [-0.2, -0.15) is 29.4 Å². The predicted molar refractivity (Wildman–Crippen MR) is 85.3 cm³/mol. The summed E-state index contributed by atoms with van der Waals surface area (Å²) >= 11 is 0. The zero-order chi connectivity index (χ0) is 14.1. The van der Waals surface area contributed by atoms with Crippen LogP contribution in [-0.2, 0) is 20.1 Å². The van der Waals surface area contributed by atoms with E-state index in [1.807, 2.05) is 47.1 Å². The van der Waals surface area contributed by atoms with Gasteiger partial charge in [0, 0.05) is 31.1 Å². The van der Waals surface area contributed by atoms with Crippen LogP contribution in [0.15, 0.2) is 78.9 Å². The Hall–Kier alpha value is -2.22. The third kappa shape index (κ3) is 2.50. The molecule has 109 valence electrons. The number of rotatable bonds is 2. The summed E-state index contributed by atoms with van der Waals surface area (Å²) in [4.78, 5) is 0. The molecule has 22 heavy (non-hydrogen) atoms. The van der Waals surface area contributed by atoms with Gasteiger partial charge in [-0.1, -0.05) is 48.5 Å². The molecule has 2 nitrogen and oxygen atoms in total. The SMILES string of the molecule is [Ir].[c-]1ccccc1-n1nc2ccccc2c1-c1ccccc1. The summed E-state index contributed by atoms with van der Waals surface area (Å²) in [5, 5.41) is 5.90. The van der Waals surface area contributed by atoms with Gasteiger partial charge in [0.25, 0.3) is 0 Å². The molecule has 0 saturated heterocycles. The Morgan fingerprint density at radius 2 is 1.50 bits per heavy atom. The van der Waals surface area contributed by atoms with E-state index in [1.165, 1.54) is 0 Å². The quantitative estimate of drug-likeness (QED) is 0.402. The van der Waals surface area contributed by atoms with Gasteiger partial charge in [-0.3, -0.25) is 4.68 Å². The fraction of sp³-hybridized carbons (Fsp3) is 0. The Balaban J connectivity index is 0.00000144. The Morgan fingerprint density at radius 3 is 2.27 bits per heavy atom. The van der Waals surface area contributed by atoms with E-state index in [0.29, 0.717) is 0 Å². The number of benzene rings is 3. The van der Waals surface area contributed by atoms with Gasteiger partial charge in [-0.05, 0) is 11.8 Å². The number of aromatic nitrogens is 2. The number of nitrogens with zero attached hydrogens (tertiary/aromatic N) is 2. The Bertz CT molecular complexity index is 883. The molecule has 4 rings (SSSR count). The van der Waals surface area contributed by atoms with Crippen LogP contribution < -0.4 is 0 Å². The van der Waals surface area contributed by atoms with Gasteiger partial charge in [-0.15, -0.1) is 6.07 Å². The Labute approximate surface area is 142 Å². The van der Waals surface area contributed by atoms with Crippen LogP contribution in [0, 0.1) is 6.07 Å². The monoisotopic (exact) mass is 462 g/mol. The van der Waals surface area contributed by atoms with Crippen molar-refractivity contribution in [1.82, 2.24) is 9.78 Å². The zero-order valence-corrected chi connectivity index (χ0v) is 14.1. The average molecular weight is 462 g/mol. The molecule has 3 heteroatoms. The van der Waals surface area contributed by atoms with Crippen LogP contribution in [0.5, 0.6) is 0 Å². The molecule has 1 aromatic heterocycles. The van der Waals surface area contributed by atoms with Gasteiger partial charge >= 0.3 is 0 Å². The van der Waals surface area contributed by atoms with Crippen molar-refractivity contribution in [1.29, 1.82) is 0 Å². The molecule has 1 radical (unpaired) electrons. The van der Waals surface area contributed by atoms with Crippen molar-refractivity contribution in [2.24, 2.45) is 0 Å². The number of para-hydroxylation sites is 1. The van der Waals surface area contributed by atoms with Crippen molar-refractivity contribution in [2.75, 3.05) is 0 Å². The Morgan fingerprint density at radius 1 is 0.773 bits per heavy atom. The van der Waals surface area contributed by atoms with Crippen LogP contribution in [0.25, 0.3) is 27.8 Å². The largest absolute Gasteiger partial charge is 0.257 e. The van der Waals surface area contributed by atoms with E-state index in [9.17, 15) is 0 Å². The normalized spacial score (nSPS) is 10.4. The van der Waals surface area contributed by atoms with Gasteiger partial charge in [0.1, 0.15) is 0 Å². The average Bonchev–Trinajstić information content (AvgIpc) is 2.96. The maximum atomic E-state index is 4.74. The molecular formula is C19H13IrN2-. The predicted octanol–water partition coefficient (Wildman–Crippen LogP) is 4.49. The summed E-state index contributed by atoms with van der Waals surface area (Å²) in [6.07, 6.45) is 0. The van der Waals surface area contributed by atoms with E-state index in [-0.39, 0.29) is 20.1 Å². The second kappa shape index (κ2) is 6.27. The minimum Gasteiger partial charge on any atom is -0.257 e. The first kappa shape index (κ1) is 14.7. The van der Waals surface area contributed by atoms with Crippen LogP contribution in [0.1, 0.15) is 0 Å². The molecule has 0 aliphatic carbocycles. The van der Waals surface area contributed by atoms with Gasteiger partial charge in [0.15, 0.2) is 0 Å². The van der Waals surface area contributed by atoms with Crippen LogP contribution >= 0.6 is 0 Å². The molecule has 1 heterocycles. The second-order valence-electron chi connectivity index (χ2n) is 4.89. The fourth-order valence-corrected chi connectivity index (χ4v) is 2.60. The summed E-state index contributed by atoms with van der Waals surface area (Å²) in [7, 11) is 0. The van der Waals surface area contributed by atoms with E-state index in [0.717, 1.165) is 27.8 Å². The molecule has 0 N–H and O–H groups in total. The fourth-order valence-electron chi connectivity index (χ4n) is 2.60. The van der Waals surface area contributed by atoms with Gasteiger partial charge in [-0.25, -0.2) is 0 Å². The third-order valence-corrected chi connectivity index (χ3v) is 3.55. The minimum absolute atomic E-state index is 0. The summed E-state index contributed by atoms with van der Waals surface area (Å²) in [5.41, 5.74) is 4.21. The summed E-state index contributed by atoms with van der Waals surface area (Å²) < 4.78 is 1.97. The topological polar surface area (TPSA) is 17.8 Å². The van der Waals surface area contributed by atoms with Gasteiger partial charge in [0.05, 0.1) is 11.2 Å². The minimum atomic E-state index is 0. The molecule has 0 fully saturated rings. The van der Waals surface area contributed by atoms with Crippen molar-refractivity contribution < 1.29 is 20.1 Å². The van der Waals surface area contributed by atoms with E-state index < -0.39 is 0 Å². The molecule has 0 atom stereocenters. The zero-order valence-electron chi connectivity index (χ0n) is 11.7. The molecule has 0 saturated carbocycles. The number of hydrogen-bond donors (Lipinski definition) is 0. The van der Waals surface area contributed by atoms with Crippen LogP contribution in [0.3, 0.4) is 0 Å². The van der Waals surface area contributed by atoms with Crippen LogP contribution in [0.4, 0.5) is 0 Å². The van der Waals surface area contributed by atoms with Gasteiger partial charge in [0.2, 0.25) is 0 Å². The van der Waals surface area contributed by atoms with Crippen LogP contribution in [0.2, 0.25) is 0 Å². The molecule has 3 aromatic carbocycles. The van der Waals surface area contributed by atoms with E-state index >= 15 is 0 Å². The molecule has 0 aliphatic rings. The van der Waals surface area contributed by atoms with E-state index in [2.05, 4.69) is 42.5 Å². The van der Waals surface area contributed by atoms with Crippen molar-refractivity contribution in [2.45, 2.75) is 0 Å². The Kier molecular flexibility index (Phi) is 4.19. The molecule has 0 amide bonds. The molecule has 0 spiro atoms. The smallest absolute Gasteiger partial charge is 0.0933 e. The molecule has 0 aliphatic heterocycles. The first-order valence-electron chi connectivity index (χ1n) is 6.94. The summed E-state index contributed by atoms with van der Waals surface area (Å²) in [6.45, 7) is 0. The third-order valence-electron chi connectivity index (χ3n) is 3.55. The van der Waals surface area contributed by atoms with Crippen molar-refractivity contribution in [3.05, 3.63) is 84.9 Å². The number of hydrogen-bond acceptors (Lipinski definition) is 1. The molecule has 0 bridgehead atoms. The van der Waals surface area contributed by atoms with Crippen molar-refractivity contribution in [3.8, 4) is 16.9 Å². The second-order valence-corrected chi connectivity index (χ2v) is 4.89. The first-order chi connectivity index (χ1) is 10.4. The van der Waals surface area contributed by atoms with Gasteiger partial charge < -0.3 is 0 Å². The standard InChI is InChI=1S/C19H13N2.Ir/c1-3-9-15(10-4-1)19-17-13-7-8-14-18(17)20-21(19)16-11-5-2-6-12-16;/h1-11,13-14H;/q-1;. The molecule has 4 aromatic rings. The molecular weight excluding hydrogens is 448 g/mol.